The number of nitrogens with zero attached hydrogens (tertiary/aromatic N) is 1. The Morgan fingerprint density at radius 1 is 1.27 bits per heavy atom. The first-order chi connectivity index (χ1) is 18.9. The molecular weight excluding hydrogens is 549 g/mol. The van der Waals surface area contributed by atoms with E-state index in [0.29, 0.717) is 29.0 Å². The number of benzene rings is 1. The van der Waals surface area contributed by atoms with Gasteiger partial charge in [-0.15, -0.1) is 11.3 Å². The Hall–Kier alpha value is -3.58. The minimum Gasteiger partial charge on any atom is -0.491 e. The van der Waals surface area contributed by atoms with Crippen LogP contribution in [0.1, 0.15) is 40.2 Å². The lowest BCUT2D eigenvalue weighted by atomic mass is 9.80. The van der Waals surface area contributed by atoms with Crippen molar-refractivity contribution in [1.82, 2.24) is 15.6 Å². The number of halogens is 3. The standard InChI is InChI=1S/C25H28N4O3S.C2HF3O2/c1-14-2-5-19-21(26)22(33-24(19)28-14)23(30)29-16-8-15-3-4-17(9-20(15)31-11-16)32-18-6-7-25(10-18)12-27-13-25;3-2(4,5)1(6)7/h2-5,9,16,18,27H,6-8,10-13,26H2,1H3,(H,29,30);(H,6,7)/t16-,18?;/m1./s1. The predicted octanol–water partition coefficient (Wildman–Crippen LogP) is 4.07. The number of thiophene rings is 1. The van der Waals surface area contributed by atoms with E-state index in [1.807, 2.05) is 31.2 Å². The molecule has 40 heavy (non-hydrogen) atoms. The SMILES string of the molecule is Cc1ccc2c(N)c(C(=O)N[C@H]3COc4cc(OC5CCC6(CNC6)C5)ccc4C3)sc2n1.O=C(O)C(F)(F)F. The van der Waals surface area contributed by atoms with Crippen molar-refractivity contribution >= 4 is 39.1 Å². The maximum absolute atomic E-state index is 12.9. The van der Waals surface area contributed by atoms with Crippen LogP contribution in [0, 0.1) is 12.3 Å². The zero-order valence-corrected chi connectivity index (χ0v) is 22.5. The number of nitrogens with two attached hydrogens (primary N) is 1. The third-order valence-corrected chi connectivity index (χ3v) is 8.54. The summed E-state index contributed by atoms with van der Waals surface area (Å²) in [5.74, 6) is -1.22. The van der Waals surface area contributed by atoms with Crippen molar-refractivity contribution in [2.24, 2.45) is 5.41 Å². The molecule has 1 saturated heterocycles. The van der Waals surface area contributed by atoms with Gasteiger partial charge in [-0.25, -0.2) is 9.78 Å². The van der Waals surface area contributed by atoms with Gasteiger partial charge in [0.25, 0.3) is 5.91 Å². The summed E-state index contributed by atoms with van der Waals surface area (Å²) in [5.41, 5.74) is 9.18. The third-order valence-electron chi connectivity index (χ3n) is 7.42. The number of alkyl halides is 3. The van der Waals surface area contributed by atoms with Gasteiger partial charge in [-0.05, 0) is 61.8 Å². The van der Waals surface area contributed by atoms with E-state index in [0.717, 1.165) is 58.9 Å². The molecule has 0 radical (unpaired) electrons. The number of ether oxygens (including phenoxy) is 2. The Bertz CT molecular complexity index is 1440. The number of aryl methyl sites for hydroxylation is 1. The Balaban J connectivity index is 0.000000411. The van der Waals surface area contributed by atoms with Gasteiger partial charge in [0.15, 0.2) is 0 Å². The summed E-state index contributed by atoms with van der Waals surface area (Å²) in [6.07, 6.45) is -0.605. The highest BCUT2D eigenvalue weighted by atomic mass is 32.1. The number of nitrogen functional groups attached to an aromatic ring is 1. The number of rotatable bonds is 4. The van der Waals surface area contributed by atoms with Crippen LogP contribution in [0.3, 0.4) is 0 Å². The van der Waals surface area contributed by atoms with E-state index < -0.39 is 12.1 Å². The molecule has 3 aliphatic rings. The second-order valence-corrected chi connectivity index (χ2v) is 11.5. The molecule has 13 heteroatoms. The molecule has 6 rings (SSSR count). The van der Waals surface area contributed by atoms with E-state index >= 15 is 0 Å². The quantitative estimate of drug-likeness (QED) is 0.364. The fourth-order valence-electron chi connectivity index (χ4n) is 5.27. The second-order valence-electron chi connectivity index (χ2n) is 10.5. The maximum Gasteiger partial charge on any atom is 0.490 e. The molecule has 5 N–H and O–H groups in total. The van der Waals surface area contributed by atoms with Crippen LogP contribution < -0.4 is 25.8 Å². The summed E-state index contributed by atoms with van der Waals surface area (Å²) < 4.78 is 44.0. The first kappa shape index (κ1) is 28.0. The summed E-state index contributed by atoms with van der Waals surface area (Å²) in [7, 11) is 0. The summed E-state index contributed by atoms with van der Waals surface area (Å²) in [5, 5.41) is 14.4. The van der Waals surface area contributed by atoms with Gasteiger partial charge in [0.05, 0.1) is 17.8 Å². The highest BCUT2D eigenvalue weighted by Crippen LogP contribution is 2.43. The molecule has 1 aliphatic carbocycles. The minimum absolute atomic E-state index is 0.114. The number of carboxylic acid groups (broad SMARTS) is 1. The fourth-order valence-corrected chi connectivity index (χ4v) is 6.32. The molecule has 2 aromatic heterocycles. The molecule has 1 amide bonds. The summed E-state index contributed by atoms with van der Waals surface area (Å²) in [4.78, 5) is 27.6. The average Bonchev–Trinajstić information content (AvgIpc) is 3.45. The molecule has 1 saturated carbocycles. The van der Waals surface area contributed by atoms with Gasteiger partial charge in [-0.2, -0.15) is 13.2 Å². The molecule has 2 atom stereocenters. The Morgan fingerprint density at radius 2 is 2.02 bits per heavy atom. The lowest BCUT2D eigenvalue weighted by molar-refractivity contribution is -0.192. The number of pyridine rings is 1. The number of anilines is 1. The molecule has 0 bridgehead atoms. The summed E-state index contributed by atoms with van der Waals surface area (Å²) in [6, 6.07) is 9.79. The zero-order valence-electron chi connectivity index (χ0n) is 21.6. The van der Waals surface area contributed by atoms with Crippen LogP contribution in [0.5, 0.6) is 11.5 Å². The fraction of sp³-hybridized carbons (Fsp3) is 0.444. The van der Waals surface area contributed by atoms with E-state index in [9.17, 15) is 18.0 Å². The van der Waals surface area contributed by atoms with Crippen LogP contribution in [0.25, 0.3) is 10.2 Å². The molecular formula is C27H29F3N4O5S. The number of aromatic nitrogens is 1. The first-order valence-electron chi connectivity index (χ1n) is 12.8. The van der Waals surface area contributed by atoms with Crippen molar-refractivity contribution in [1.29, 1.82) is 0 Å². The van der Waals surface area contributed by atoms with Gasteiger partial charge in [0.1, 0.15) is 27.8 Å². The van der Waals surface area contributed by atoms with E-state index in [4.69, 9.17) is 25.1 Å². The molecule has 2 fully saturated rings. The van der Waals surface area contributed by atoms with Crippen molar-refractivity contribution in [2.45, 2.75) is 50.9 Å². The normalized spacial score (nSPS) is 21.0. The zero-order chi connectivity index (χ0) is 28.7. The van der Waals surface area contributed by atoms with Crippen molar-refractivity contribution in [2.75, 3.05) is 25.4 Å². The van der Waals surface area contributed by atoms with Crippen LogP contribution in [0.2, 0.25) is 0 Å². The number of hydrogen-bond donors (Lipinski definition) is 4. The van der Waals surface area contributed by atoms with Gasteiger partial charge < -0.3 is 30.9 Å². The van der Waals surface area contributed by atoms with Gasteiger partial charge in [0.2, 0.25) is 0 Å². The smallest absolute Gasteiger partial charge is 0.490 e. The van der Waals surface area contributed by atoms with Gasteiger partial charge in [0, 0.05) is 30.2 Å². The average molecular weight is 579 g/mol. The van der Waals surface area contributed by atoms with E-state index in [2.05, 4.69) is 21.7 Å². The number of nitrogens with one attached hydrogen (secondary N) is 2. The third kappa shape index (κ3) is 5.94. The predicted molar refractivity (Wildman–Crippen MR) is 143 cm³/mol. The number of fused-ring (bicyclic) bond motifs is 2. The second kappa shape index (κ2) is 10.8. The largest absolute Gasteiger partial charge is 0.491 e. The highest BCUT2D eigenvalue weighted by Gasteiger charge is 2.44. The first-order valence-corrected chi connectivity index (χ1v) is 13.6. The molecule has 9 nitrogen and oxygen atoms in total. The topological polar surface area (TPSA) is 136 Å². The number of amides is 1. The van der Waals surface area contributed by atoms with Crippen molar-refractivity contribution in [3.05, 3.63) is 46.5 Å². The number of aliphatic carboxylic acids is 1. The highest BCUT2D eigenvalue weighted by molar-refractivity contribution is 7.21. The summed E-state index contributed by atoms with van der Waals surface area (Å²) in [6.45, 7) is 4.59. The Kier molecular flexibility index (Phi) is 7.53. The molecule has 1 unspecified atom stereocenters. The summed E-state index contributed by atoms with van der Waals surface area (Å²) >= 11 is 1.33. The molecule has 214 valence electrons. The lowest BCUT2D eigenvalue weighted by Crippen LogP contribution is -2.52. The maximum atomic E-state index is 12.9. The van der Waals surface area contributed by atoms with E-state index in [-0.39, 0.29) is 18.1 Å². The van der Waals surface area contributed by atoms with Crippen LogP contribution >= 0.6 is 11.3 Å². The van der Waals surface area contributed by atoms with Crippen molar-refractivity contribution < 1.29 is 37.3 Å². The monoisotopic (exact) mass is 578 g/mol. The Morgan fingerprint density at radius 3 is 2.67 bits per heavy atom. The van der Waals surface area contributed by atoms with Gasteiger partial charge in [-0.3, -0.25) is 4.79 Å². The van der Waals surface area contributed by atoms with Gasteiger partial charge >= 0.3 is 12.1 Å². The van der Waals surface area contributed by atoms with E-state index in [1.165, 1.54) is 17.8 Å². The number of carboxylic acids is 1. The molecule has 2 aliphatic heterocycles. The molecule has 3 aromatic rings. The molecule has 4 heterocycles. The van der Waals surface area contributed by atoms with Crippen LogP contribution in [-0.2, 0) is 11.2 Å². The minimum atomic E-state index is -5.08. The van der Waals surface area contributed by atoms with Crippen molar-refractivity contribution in [3.63, 3.8) is 0 Å². The number of carbonyl (C=O) groups excluding carboxylic acids is 1. The lowest BCUT2D eigenvalue weighted by Gasteiger charge is -2.39. The van der Waals surface area contributed by atoms with Crippen LogP contribution in [0.15, 0.2) is 30.3 Å². The van der Waals surface area contributed by atoms with Crippen LogP contribution in [0.4, 0.5) is 18.9 Å². The number of carbonyl (C=O) groups is 2. The van der Waals surface area contributed by atoms with E-state index in [1.54, 1.807) is 0 Å². The Labute approximate surface area is 231 Å². The molecule has 1 spiro atoms. The molecule has 1 aromatic carbocycles. The van der Waals surface area contributed by atoms with Crippen LogP contribution in [-0.4, -0.2) is 60.0 Å². The van der Waals surface area contributed by atoms with Crippen molar-refractivity contribution in [3.8, 4) is 11.5 Å². The van der Waals surface area contributed by atoms with Gasteiger partial charge in [-0.1, -0.05) is 6.07 Å². The number of hydrogen-bond acceptors (Lipinski definition) is 8.